The van der Waals surface area contributed by atoms with Crippen molar-refractivity contribution < 1.29 is 24.2 Å². The van der Waals surface area contributed by atoms with E-state index in [-0.39, 0.29) is 18.7 Å². The summed E-state index contributed by atoms with van der Waals surface area (Å²) in [5.74, 6) is -1.40. The Balaban J connectivity index is 2.16. The molecule has 3 N–H and O–H groups in total. The zero-order chi connectivity index (χ0) is 20.4. The molecule has 0 atom stereocenters. The largest absolute Gasteiger partial charge is 0.494 e. The van der Waals surface area contributed by atoms with E-state index < -0.39 is 17.8 Å². The number of rotatable bonds is 9. The van der Waals surface area contributed by atoms with Gasteiger partial charge in [0.1, 0.15) is 11.4 Å². The Morgan fingerprint density at radius 3 is 2.32 bits per heavy atom. The monoisotopic (exact) mass is 382 g/mol. The molecule has 28 heavy (non-hydrogen) atoms. The molecule has 146 valence electrons. The van der Waals surface area contributed by atoms with Gasteiger partial charge in [0.2, 0.25) is 0 Å². The Morgan fingerprint density at radius 2 is 1.71 bits per heavy atom. The molecular weight excluding hydrogens is 360 g/mol. The summed E-state index contributed by atoms with van der Waals surface area (Å²) >= 11 is 0. The van der Waals surface area contributed by atoms with E-state index in [1.165, 1.54) is 6.08 Å². The third-order valence-electron chi connectivity index (χ3n) is 3.66. The van der Waals surface area contributed by atoms with E-state index in [2.05, 4.69) is 10.6 Å². The van der Waals surface area contributed by atoms with E-state index in [1.54, 1.807) is 48.5 Å². The number of carbonyl (C=O) groups excluding carboxylic acids is 2. The summed E-state index contributed by atoms with van der Waals surface area (Å²) in [5, 5.41) is 13.8. The Morgan fingerprint density at radius 1 is 1.04 bits per heavy atom. The first-order chi connectivity index (χ1) is 13.5. The van der Waals surface area contributed by atoms with Crippen molar-refractivity contribution in [2.45, 2.75) is 13.3 Å². The first-order valence-corrected chi connectivity index (χ1v) is 8.80. The summed E-state index contributed by atoms with van der Waals surface area (Å²) in [6.45, 7) is 2.34. The van der Waals surface area contributed by atoms with Crippen LogP contribution in [0.1, 0.15) is 29.3 Å². The number of carboxylic acids is 1. The van der Waals surface area contributed by atoms with Gasteiger partial charge in [0, 0.05) is 12.1 Å². The highest BCUT2D eigenvalue weighted by Gasteiger charge is 2.15. The third kappa shape index (κ3) is 6.60. The van der Waals surface area contributed by atoms with E-state index in [1.807, 2.05) is 13.0 Å². The van der Waals surface area contributed by atoms with Gasteiger partial charge in [-0.05, 0) is 42.8 Å². The predicted molar refractivity (Wildman–Crippen MR) is 105 cm³/mol. The average Bonchev–Trinajstić information content (AvgIpc) is 2.68. The number of carboxylic acid groups (broad SMARTS) is 1. The maximum atomic E-state index is 12.5. The van der Waals surface area contributed by atoms with E-state index >= 15 is 0 Å². The summed E-state index contributed by atoms with van der Waals surface area (Å²) < 4.78 is 5.35. The summed E-state index contributed by atoms with van der Waals surface area (Å²) in [6, 6.07) is 15.6. The minimum Gasteiger partial charge on any atom is -0.494 e. The Kier molecular flexibility index (Phi) is 7.77. The third-order valence-corrected chi connectivity index (χ3v) is 3.66. The van der Waals surface area contributed by atoms with Gasteiger partial charge >= 0.3 is 5.97 Å². The lowest BCUT2D eigenvalue weighted by atomic mass is 10.1. The van der Waals surface area contributed by atoms with Crippen LogP contribution in [0.25, 0.3) is 6.08 Å². The molecule has 0 aliphatic heterocycles. The van der Waals surface area contributed by atoms with Crippen molar-refractivity contribution in [3.63, 3.8) is 0 Å². The number of carbonyl (C=O) groups is 3. The number of hydrogen-bond donors (Lipinski definition) is 3. The lowest BCUT2D eigenvalue weighted by Gasteiger charge is -2.11. The van der Waals surface area contributed by atoms with Gasteiger partial charge in [-0.1, -0.05) is 30.3 Å². The topological polar surface area (TPSA) is 105 Å². The number of amides is 2. The number of aliphatic carboxylic acids is 1. The molecular formula is C21H22N2O5. The second-order valence-electron chi connectivity index (χ2n) is 5.78. The minimum absolute atomic E-state index is 0.0236. The minimum atomic E-state index is -1.02. The van der Waals surface area contributed by atoms with Gasteiger partial charge in [0.05, 0.1) is 13.0 Å². The van der Waals surface area contributed by atoms with Crippen molar-refractivity contribution in [2.75, 3.05) is 13.2 Å². The summed E-state index contributed by atoms with van der Waals surface area (Å²) in [4.78, 5) is 35.6. The normalized spacial score (nSPS) is 10.8. The van der Waals surface area contributed by atoms with Crippen LogP contribution in [0.4, 0.5) is 0 Å². The number of hydrogen-bond acceptors (Lipinski definition) is 4. The van der Waals surface area contributed by atoms with Crippen molar-refractivity contribution >= 4 is 23.9 Å². The van der Waals surface area contributed by atoms with Gasteiger partial charge in [0.25, 0.3) is 11.8 Å². The molecule has 0 unspecified atom stereocenters. The SMILES string of the molecule is CCOc1ccc(C(=O)N/C(=C\c2ccccc2)C(=O)NCCC(=O)O)cc1. The van der Waals surface area contributed by atoms with Crippen LogP contribution in [0.15, 0.2) is 60.3 Å². The van der Waals surface area contributed by atoms with Crippen molar-refractivity contribution in [2.24, 2.45) is 0 Å². The molecule has 2 aromatic carbocycles. The van der Waals surface area contributed by atoms with Crippen LogP contribution in [0.3, 0.4) is 0 Å². The smallest absolute Gasteiger partial charge is 0.305 e. The average molecular weight is 382 g/mol. The molecule has 0 aliphatic carbocycles. The molecule has 7 nitrogen and oxygen atoms in total. The van der Waals surface area contributed by atoms with Crippen LogP contribution in [0, 0.1) is 0 Å². The Hall–Kier alpha value is -3.61. The standard InChI is InChI=1S/C21H22N2O5/c1-2-28-17-10-8-16(9-11-17)20(26)23-18(14-15-6-4-3-5-7-15)21(27)22-13-12-19(24)25/h3-11,14H,2,12-13H2,1H3,(H,22,27)(H,23,26)(H,24,25)/b18-14-. The quantitative estimate of drug-likeness (QED) is 0.578. The molecule has 0 saturated carbocycles. The summed E-state index contributed by atoms with van der Waals surface area (Å²) in [6.07, 6.45) is 1.32. The maximum Gasteiger partial charge on any atom is 0.305 e. The number of ether oxygens (including phenoxy) is 1. The van der Waals surface area contributed by atoms with Crippen LogP contribution < -0.4 is 15.4 Å². The van der Waals surface area contributed by atoms with E-state index in [9.17, 15) is 14.4 Å². The molecule has 7 heteroatoms. The lowest BCUT2D eigenvalue weighted by molar-refractivity contribution is -0.136. The van der Waals surface area contributed by atoms with Crippen LogP contribution in [-0.4, -0.2) is 36.0 Å². The highest BCUT2D eigenvalue weighted by atomic mass is 16.5. The lowest BCUT2D eigenvalue weighted by Crippen LogP contribution is -2.35. The fourth-order valence-corrected chi connectivity index (χ4v) is 2.32. The zero-order valence-corrected chi connectivity index (χ0v) is 15.5. The van der Waals surface area contributed by atoms with Gasteiger partial charge in [0.15, 0.2) is 0 Å². The van der Waals surface area contributed by atoms with Gasteiger partial charge in [-0.3, -0.25) is 14.4 Å². The van der Waals surface area contributed by atoms with Crippen LogP contribution >= 0.6 is 0 Å². The van der Waals surface area contributed by atoms with Crippen molar-refractivity contribution in [3.05, 3.63) is 71.4 Å². The fourth-order valence-electron chi connectivity index (χ4n) is 2.32. The number of nitrogens with one attached hydrogen (secondary N) is 2. The molecule has 0 bridgehead atoms. The molecule has 0 spiro atoms. The first-order valence-electron chi connectivity index (χ1n) is 8.80. The van der Waals surface area contributed by atoms with Crippen LogP contribution in [0.5, 0.6) is 5.75 Å². The second kappa shape index (κ2) is 10.5. The fraction of sp³-hybridized carbons (Fsp3) is 0.190. The van der Waals surface area contributed by atoms with Gasteiger partial charge in [-0.15, -0.1) is 0 Å². The van der Waals surface area contributed by atoms with Crippen molar-refractivity contribution in [3.8, 4) is 5.75 Å². The second-order valence-corrected chi connectivity index (χ2v) is 5.78. The van der Waals surface area contributed by atoms with Crippen molar-refractivity contribution in [1.29, 1.82) is 0 Å². The molecule has 0 radical (unpaired) electrons. The Labute approximate surface area is 163 Å². The molecule has 2 rings (SSSR count). The molecule has 0 fully saturated rings. The van der Waals surface area contributed by atoms with Gasteiger partial charge in [-0.25, -0.2) is 0 Å². The van der Waals surface area contributed by atoms with Crippen LogP contribution in [0.2, 0.25) is 0 Å². The summed E-state index contributed by atoms with van der Waals surface area (Å²) in [5.41, 5.74) is 1.11. The van der Waals surface area contributed by atoms with E-state index in [0.717, 1.165) is 5.56 Å². The van der Waals surface area contributed by atoms with Crippen LogP contribution in [-0.2, 0) is 9.59 Å². The zero-order valence-electron chi connectivity index (χ0n) is 15.5. The molecule has 0 heterocycles. The van der Waals surface area contributed by atoms with E-state index in [4.69, 9.17) is 9.84 Å². The maximum absolute atomic E-state index is 12.5. The van der Waals surface area contributed by atoms with E-state index in [0.29, 0.717) is 17.9 Å². The predicted octanol–water partition coefficient (Wildman–Crippen LogP) is 2.45. The van der Waals surface area contributed by atoms with Crippen molar-refractivity contribution in [1.82, 2.24) is 10.6 Å². The number of benzene rings is 2. The van der Waals surface area contributed by atoms with Gasteiger partial charge < -0.3 is 20.5 Å². The van der Waals surface area contributed by atoms with Gasteiger partial charge in [-0.2, -0.15) is 0 Å². The Bertz CT molecular complexity index is 845. The molecule has 0 saturated heterocycles. The molecule has 2 aromatic rings. The first kappa shape index (κ1) is 20.7. The molecule has 0 aromatic heterocycles. The summed E-state index contributed by atoms with van der Waals surface area (Å²) in [7, 11) is 0. The highest BCUT2D eigenvalue weighted by Crippen LogP contribution is 2.13. The molecule has 2 amide bonds. The highest BCUT2D eigenvalue weighted by molar-refractivity contribution is 6.05. The molecule has 0 aliphatic rings.